The van der Waals surface area contributed by atoms with Crippen molar-refractivity contribution in [2.75, 3.05) is 11.9 Å². The summed E-state index contributed by atoms with van der Waals surface area (Å²) >= 11 is 11.5. The van der Waals surface area contributed by atoms with Crippen molar-refractivity contribution in [3.8, 4) is 0 Å². The maximum Gasteiger partial charge on any atom is 0.0519 e. The molecule has 0 saturated heterocycles. The summed E-state index contributed by atoms with van der Waals surface area (Å²) in [5, 5.41) is 3.70. The van der Waals surface area contributed by atoms with Gasteiger partial charge in [-0.3, -0.25) is 0 Å². The molecule has 0 aliphatic heterocycles. The van der Waals surface area contributed by atoms with Crippen molar-refractivity contribution in [3.63, 3.8) is 0 Å². The number of nitrogens with zero attached hydrogens (tertiary/aromatic N) is 1. The lowest BCUT2D eigenvalue weighted by molar-refractivity contribution is 0.933. The van der Waals surface area contributed by atoms with Gasteiger partial charge in [-0.05, 0) is 23.6 Å². The van der Waals surface area contributed by atoms with Gasteiger partial charge in [-0.2, -0.15) is 0 Å². The lowest BCUT2D eigenvalue weighted by atomic mass is 10.2. The van der Waals surface area contributed by atoms with Crippen LogP contribution in [0, 0.1) is 0 Å². The molecule has 0 aliphatic rings. The van der Waals surface area contributed by atoms with Crippen LogP contribution in [0.5, 0.6) is 0 Å². The number of anilines is 1. The van der Waals surface area contributed by atoms with Crippen molar-refractivity contribution >= 4 is 44.6 Å². The molecule has 1 aromatic carbocycles. The Morgan fingerprint density at radius 2 is 2.12 bits per heavy atom. The second-order valence-corrected chi connectivity index (χ2v) is 5.81. The smallest absolute Gasteiger partial charge is 0.0519 e. The molecule has 4 heteroatoms. The van der Waals surface area contributed by atoms with E-state index in [4.69, 9.17) is 11.6 Å². The van der Waals surface area contributed by atoms with Gasteiger partial charge in [-0.15, -0.1) is 11.3 Å². The van der Waals surface area contributed by atoms with Crippen LogP contribution in [0.25, 0.3) is 0 Å². The predicted molar refractivity (Wildman–Crippen MR) is 80.5 cm³/mol. The average Bonchev–Trinajstić information content (AvgIpc) is 2.81. The topological polar surface area (TPSA) is 3.24 Å². The summed E-state index contributed by atoms with van der Waals surface area (Å²) in [6, 6.07) is 10.3. The molecule has 0 fully saturated rings. The minimum absolute atomic E-state index is 0.775. The van der Waals surface area contributed by atoms with E-state index in [1.54, 1.807) is 11.3 Å². The van der Waals surface area contributed by atoms with Crippen molar-refractivity contribution in [1.29, 1.82) is 0 Å². The zero-order valence-corrected chi connectivity index (χ0v) is 12.6. The predicted octanol–water partition coefficient (Wildman–Crippen LogP) is 4.93. The number of rotatable bonds is 4. The molecule has 1 nitrogen and oxygen atoms in total. The molecule has 17 heavy (non-hydrogen) atoms. The molecular formula is C13H13BrClNS. The van der Waals surface area contributed by atoms with E-state index in [1.807, 2.05) is 12.1 Å². The number of hydrogen-bond donors (Lipinski definition) is 0. The molecule has 2 rings (SSSR count). The third-order valence-corrected chi connectivity index (χ3v) is 4.39. The van der Waals surface area contributed by atoms with Gasteiger partial charge in [-0.25, -0.2) is 0 Å². The van der Waals surface area contributed by atoms with Crippen LogP contribution in [0.1, 0.15) is 10.4 Å². The number of benzene rings is 1. The van der Waals surface area contributed by atoms with E-state index >= 15 is 0 Å². The Kier molecular flexibility index (Phi) is 4.48. The third-order valence-electron chi connectivity index (χ3n) is 2.61. The van der Waals surface area contributed by atoms with E-state index in [1.165, 1.54) is 10.6 Å². The minimum Gasteiger partial charge on any atom is -0.369 e. The molecule has 0 atom stereocenters. The first-order valence-electron chi connectivity index (χ1n) is 5.29. The van der Waals surface area contributed by atoms with Crippen LogP contribution >= 0.6 is 38.9 Å². The first-order valence-corrected chi connectivity index (χ1v) is 7.67. The van der Waals surface area contributed by atoms with Gasteiger partial charge in [0, 0.05) is 33.5 Å². The van der Waals surface area contributed by atoms with Gasteiger partial charge >= 0.3 is 0 Å². The minimum atomic E-state index is 0.775. The van der Waals surface area contributed by atoms with Gasteiger partial charge < -0.3 is 4.90 Å². The molecule has 0 saturated carbocycles. The number of thiophene rings is 1. The highest BCUT2D eigenvalue weighted by Gasteiger charge is 2.10. The van der Waals surface area contributed by atoms with Crippen molar-refractivity contribution in [2.24, 2.45) is 0 Å². The summed E-state index contributed by atoms with van der Waals surface area (Å²) in [5.74, 6) is 0. The number of halogens is 2. The molecule has 0 N–H and O–H groups in total. The normalized spacial score (nSPS) is 10.5. The van der Waals surface area contributed by atoms with Crippen LogP contribution in [0.4, 0.5) is 5.69 Å². The highest BCUT2D eigenvalue weighted by Crippen LogP contribution is 2.30. The van der Waals surface area contributed by atoms with Gasteiger partial charge in [0.15, 0.2) is 0 Å². The summed E-state index contributed by atoms with van der Waals surface area (Å²) in [6.07, 6.45) is 0. The van der Waals surface area contributed by atoms with Gasteiger partial charge in [0.05, 0.1) is 6.54 Å². The molecule has 0 spiro atoms. The van der Waals surface area contributed by atoms with Gasteiger partial charge in [-0.1, -0.05) is 39.7 Å². The highest BCUT2D eigenvalue weighted by atomic mass is 79.9. The Labute approximate surface area is 119 Å². The Morgan fingerprint density at radius 3 is 2.76 bits per heavy atom. The monoisotopic (exact) mass is 329 g/mol. The van der Waals surface area contributed by atoms with E-state index < -0.39 is 0 Å². The molecular weight excluding hydrogens is 318 g/mol. The maximum absolute atomic E-state index is 6.20. The summed E-state index contributed by atoms with van der Waals surface area (Å²) in [7, 11) is 2.09. The summed E-state index contributed by atoms with van der Waals surface area (Å²) < 4.78 is 0. The first kappa shape index (κ1) is 12.9. The SMILES string of the molecule is CN(Cc1cccs1)c1cccc(Cl)c1CBr. The number of hydrogen-bond acceptors (Lipinski definition) is 2. The van der Waals surface area contributed by atoms with E-state index in [0.29, 0.717) is 0 Å². The fourth-order valence-corrected chi connectivity index (χ4v) is 3.50. The molecule has 1 aromatic heterocycles. The fraction of sp³-hybridized carbons (Fsp3) is 0.231. The lowest BCUT2D eigenvalue weighted by Crippen LogP contribution is -2.17. The van der Waals surface area contributed by atoms with Crippen LogP contribution < -0.4 is 4.90 Å². The van der Waals surface area contributed by atoms with Crippen LogP contribution in [0.15, 0.2) is 35.7 Å². The standard InChI is InChI=1S/C13H13BrClNS/c1-16(9-10-4-3-7-17-10)13-6-2-5-12(15)11(13)8-14/h2-7H,8-9H2,1H3. The van der Waals surface area contributed by atoms with Crippen LogP contribution in [0.3, 0.4) is 0 Å². The zero-order valence-electron chi connectivity index (χ0n) is 9.49. The Morgan fingerprint density at radius 1 is 1.29 bits per heavy atom. The summed E-state index contributed by atoms with van der Waals surface area (Å²) in [4.78, 5) is 3.59. The number of alkyl halides is 1. The Balaban J connectivity index is 2.24. The third kappa shape index (κ3) is 3.03. The second-order valence-electron chi connectivity index (χ2n) is 3.81. The van der Waals surface area contributed by atoms with Crippen LogP contribution in [-0.2, 0) is 11.9 Å². The maximum atomic E-state index is 6.20. The quantitative estimate of drug-likeness (QED) is 0.718. The van der Waals surface area contributed by atoms with E-state index in [9.17, 15) is 0 Å². The lowest BCUT2D eigenvalue weighted by Gasteiger charge is -2.22. The molecule has 0 amide bonds. The molecule has 90 valence electrons. The van der Waals surface area contributed by atoms with Gasteiger partial charge in [0.2, 0.25) is 0 Å². The summed E-state index contributed by atoms with van der Waals surface area (Å²) in [6.45, 7) is 0.915. The first-order chi connectivity index (χ1) is 8.22. The largest absolute Gasteiger partial charge is 0.369 e. The van der Waals surface area contributed by atoms with Crippen LogP contribution in [-0.4, -0.2) is 7.05 Å². The van der Waals surface area contributed by atoms with Gasteiger partial charge in [0.25, 0.3) is 0 Å². The van der Waals surface area contributed by atoms with Crippen molar-refractivity contribution in [1.82, 2.24) is 0 Å². The average molecular weight is 331 g/mol. The van der Waals surface area contributed by atoms with E-state index in [0.717, 1.165) is 22.5 Å². The van der Waals surface area contributed by atoms with E-state index in [-0.39, 0.29) is 0 Å². The fourth-order valence-electron chi connectivity index (χ4n) is 1.76. The Bertz CT molecular complexity index is 484. The second kappa shape index (κ2) is 5.89. The van der Waals surface area contributed by atoms with Crippen LogP contribution in [0.2, 0.25) is 5.02 Å². The van der Waals surface area contributed by atoms with Gasteiger partial charge in [0.1, 0.15) is 0 Å². The zero-order chi connectivity index (χ0) is 12.3. The summed E-state index contributed by atoms with van der Waals surface area (Å²) in [5.41, 5.74) is 2.33. The molecule has 0 bridgehead atoms. The molecule has 0 aliphatic carbocycles. The molecule has 2 aromatic rings. The van der Waals surface area contributed by atoms with Crippen molar-refractivity contribution in [3.05, 3.63) is 51.2 Å². The van der Waals surface area contributed by atoms with E-state index in [2.05, 4.69) is 51.5 Å². The highest BCUT2D eigenvalue weighted by molar-refractivity contribution is 9.08. The molecule has 0 unspecified atom stereocenters. The molecule has 1 heterocycles. The van der Waals surface area contributed by atoms with Crippen molar-refractivity contribution < 1.29 is 0 Å². The Hall–Kier alpha value is -0.510. The molecule has 0 radical (unpaired) electrons. The van der Waals surface area contributed by atoms with Crippen molar-refractivity contribution in [2.45, 2.75) is 11.9 Å².